The molecule has 2 fully saturated rings. The number of phenols is 1. The first-order valence-electron chi connectivity index (χ1n) is 10.5. The second-order valence-corrected chi connectivity index (χ2v) is 8.97. The Hall–Kier alpha value is -2.17. The highest BCUT2D eigenvalue weighted by Crippen LogP contribution is 2.42. The van der Waals surface area contributed by atoms with Crippen LogP contribution in [-0.2, 0) is 4.79 Å². The number of ether oxygens (including phenoxy) is 1. The molecule has 1 unspecified atom stereocenters. The van der Waals surface area contributed by atoms with E-state index < -0.39 is 0 Å². The number of hydrogen-bond acceptors (Lipinski definition) is 5. The number of amides is 1. The first-order chi connectivity index (χ1) is 14.1. The normalized spacial score (nSPS) is 25.5. The van der Waals surface area contributed by atoms with E-state index in [1.54, 1.807) is 30.0 Å². The quantitative estimate of drug-likeness (QED) is 0.792. The highest BCUT2D eigenvalue weighted by molar-refractivity contribution is 8.02. The molecule has 1 aliphatic carbocycles. The smallest absolute Gasteiger partial charge is 0.232 e. The minimum atomic E-state index is -0.290. The summed E-state index contributed by atoms with van der Waals surface area (Å²) in [5.41, 5.74) is 1.50. The van der Waals surface area contributed by atoms with Gasteiger partial charge in [0.25, 0.3) is 0 Å². The number of phenolic OH excluding ortho intramolecular Hbond substituents is 1. The van der Waals surface area contributed by atoms with Crippen LogP contribution in [-0.4, -0.2) is 41.1 Å². The van der Waals surface area contributed by atoms with Gasteiger partial charge in [0, 0.05) is 12.3 Å². The van der Waals surface area contributed by atoms with E-state index in [4.69, 9.17) is 4.74 Å². The van der Waals surface area contributed by atoms with Crippen LogP contribution >= 0.6 is 11.8 Å². The molecule has 7 heteroatoms. The number of quaternary nitrogens is 1. The van der Waals surface area contributed by atoms with Gasteiger partial charge < -0.3 is 14.7 Å². The van der Waals surface area contributed by atoms with E-state index in [1.807, 2.05) is 11.8 Å². The Kier molecular flexibility index (Phi) is 6.02. The topological polar surface area (TPSA) is 78.0 Å². The van der Waals surface area contributed by atoms with Crippen LogP contribution < -0.4 is 9.64 Å². The number of nitriles is 1. The lowest BCUT2D eigenvalue weighted by molar-refractivity contribution is -0.923. The first kappa shape index (κ1) is 20.1. The van der Waals surface area contributed by atoms with Crippen molar-refractivity contribution in [1.29, 1.82) is 5.26 Å². The van der Waals surface area contributed by atoms with E-state index in [0.29, 0.717) is 30.6 Å². The summed E-state index contributed by atoms with van der Waals surface area (Å²) in [5, 5.41) is 20.8. The van der Waals surface area contributed by atoms with Crippen molar-refractivity contribution in [1.82, 2.24) is 4.90 Å². The van der Waals surface area contributed by atoms with E-state index >= 15 is 0 Å². The third kappa shape index (κ3) is 3.96. The number of rotatable bonds is 4. The molecule has 0 radical (unpaired) electrons. The summed E-state index contributed by atoms with van der Waals surface area (Å²) in [7, 11) is 0. The molecule has 6 nitrogen and oxygen atoms in total. The van der Waals surface area contributed by atoms with Gasteiger partial charge in [-0.1, -0.05) is 12.5 Å². The average molecular weight is 415 g/mol. The SMILES string of the molecule is CCOc1cc([C@H]2CC(=O)N3C[NH+](C4CCCCC4)CSC3=C2C#N)ccc1O. The fourth-order valence-electron chi connectivity index (χ4n) is 4.71. The molecule has 3 aliphatic rings. The molecule has 4 rings (SSSR count). The maximum absolute atomic E-state index is 13.1. The summed E-state index contributed by atoms with van der Waals surface area (Å²) in [6, 6.07) is 8.14. The minimum Gasteiger partial charge on any atom is -0.504 e. The number of carbonyl (C=O) groups excluding carboxylic acids is 1. The van der Waals surface area contributed by atoms with Gasteiger partial charge in [-0.25, -0.2) is 0 Å². The van der Waals surface area contributed by atoms with Gasteiger partial charge in [0.2, 0.25) is 5.91 Å². The van der Waals surface area contributed by atoms with Crippen molar-refractivity contribution in [2.75, 3.05) is 19.2 Å². The Balaban J connectivity index is 1.61. The van der Waals surface area contributed by atoms with Crippen molar-refractivity contribution in [3.05, 3.63) is 34.4 Å². The summed E-state index contributed by atoms with van der Waals surface area (Å²) < 4.78 is 5.50. The van der Waals surface area contributed by atoms with Crippen molar-refractivity contribution in [2.24, 2.45) is 0 Å². The zero-order valence-electron chi connectivity index (χ0n) is 16.8. The lowest BCUT2D eigenvalue weighted by Gasteiger charge is -2.42. The molecule has 2 heterocycles. The molecule has 2 N–H and O–H groups in total. The Morgan fingerprint density at radius 3 is 2.86 bits per heavy atom. The third-order valence-electron chi connectivity index (χ3n) is 6.25. The Bertz CT molecular complexity index is 857. The zero-order chi connectivity index (χ0) is 20.4. The maximum atomic E-state index is 13.1. The number of aromatic hydroxyl groups is 1. The molecule has 2 aliphatic heterocycles. The monoisotopic (exact) mass is 414 g/mol. The molecule has 0 aromatic heterocycles. The minimum absolute atomic E-state index is 0.0734. The van der Waals surface area contributed by atoms with Crippen molar-refractivity contribution < 1.29 is 19.5 Å². The number of fused-ring (bicyclic) bond motifs is 1. The number of nitrogens with one attached hydrogen (secondary N) is 1. The van der Waals surface area contributed by atoms with E-state index in [1.165, 1.54) is 37.0 Å². The van der Waals surface area contributed by atoms with Gasteiger partial charge in [0.05, 0.1) is 24.3 Å². The van der Waals surface area contributed by atoms with E-state index in [9.17, 15) is 15.2 Å². The van der Waals surface area contributed by atoms with Crippen molar-refractivity contribution >= 4 is 17.7 Å². The molecule has 2 atom stereocenters. The second kappa shape index (κ2) is 8.68. The van der Waals surface area contributed by atoms with Crippen molar-refractivity contribution in [3.63, 3.8) is 0 Å². The van der Waals surface area contributed by atoms with E-state index in [0.717, 1.165) is 16.5 Å². The zero-order valence-corrected chi connectivity index (χ0v) is 17.6. The molecule has 0 spiro atoms. The van der Waals surface area contributed by atoms with E-state index in [2.05, 4.69) is 6.07 Å². The first-order valence-corrected chi connectivity index (χ1v) is 11.5. The molecule has 1 saturated carbocycles. The van der Waals surface area contributed by atoms with Gasteiger partial charge in [0.15, 0.2) is 18.2 Å². The maximum Gasteiger partial charge on any atom is 0.232 e. The summed E-state index contributed by atoms with van der Waals surface area (Å²) in [6.45, 7) is 2.97. The molecule has 1 aromatic carbocycles. The van der Waals surface area contributed by atoms with Gasteiger partial charge in [-0.2, -0.15) is 5.26 Å². The van der Waals surface area contributed by atoms with Crippen LogP contribution in [0.5, 0.6) is 11.5 Å². The highest BCUT2D eigenvalue weighted by Gasteiger charge is 2.41. The number of benzene rings is 1. The van der Waals surface area contributed by atoms with E-state index in [-0.39, 0.29) is 24.0 Å². The molecular weight excluding hydrogens is 386 g/mol. The van der Waals surface area contributed by atoms with Gasteiger partial charge in [-0.15, -0.1) is 0 Å². The lowest BCUT2D eigenvalue weighted by atomic mass is 9.86. The largest absolute Gasteiger partial charge is 0.504 e. The van der Waals surface area contributed by atoms with Crippen LogP contribution in [0.1, 0.15) is 56.9 Å². The predicted octanol–water partition coefficient (Wildman–Crippen LogP) is 2.72. The van der Waals surface area contributed by atoms with Gasteiger partial charge in [-0.3, -0.25) is 9.69 Å². The fourth-order valence-corrected chi connectivity index (χ4v) is 6.02. The summed E-state index contributed by atoms with van der Waals surface area (Å²) in [4.78, 5) is 16.4. The molecule has 1 aromatic rings. The van der Waals surface area contributed by atoms with Crippen LogP contribution in [0.15, 0.2) is 28.8 Å². The molecule has 1 saturated heterocycles. The van der Waals surface area contributed by atoms with Gasteiger partial charge in [-0.05, 0) is 62.1 Å². The Morgan fingerprint density at radius 1 is 1.34 bits per heavy atom. The van der Waals surface area contributed by atoms with Crippen LogP contribution in [0.25, 0.3) is 0 Å². The standard InChI is InChI=1S/C22H27N3O3S/c1-2-28-20-10-15(8-9-19(20)26)17-11-21(27)25-13-24(16-6-4-3-5-7-16)14-29-22(25)18(17)12-23/h8-10,16-17,26H,2-7,11,13-14H2,1H3/p+1/t17-/m1/s1. The Labute approximate surface area is 176 Å². The second-order valence-electron chi connectivity index (χ2n) is 8.01. The summed E-state index contributed by atoms with van der Waals surface area (Å²) in [6.07, 6.45) is 6.63. The van der Waals surface area contributed by atoms with Gasteiger partial charge >= 0.3 is 0 Å². The number of allylic oxidation sites excluding steroid dienone is 1. The fraction of sp³-hybridized carbons (Fsp3) is 0.545. The van der Waals surface area contributed by atoms with Crippen molar-refractivity contribution in [3.8, 4) is 17.6 Å². The third-order valence-corrected chi connectivity index (χ3v) is 7.48. The van der Waals surface area contributed by atoms with Gasteiger partial charge in [0.1, 0.15) is 10.9 Å². The number of hydrogen-bond donors (Lipinski definition) is 2. The van der Waals surface area contributed by atoms with Crippen LogP contribution in [0, 0.1) is 11.3 Å². The summed E-state index contributed by atoms with van der Waals surface area (Å²) >= 11 is 1.65. The molecule has 154 valence electrons. The van der Waals surface area contributed by atoms with Crippen LogP contribution in [0.4, 0.5) is 0 Å². The lowest BCUT2D eigenvalue weighted by Crippen LogP contribution is -3.17. The number of thioether (sulfide) groups is 1. The summed E-state index contributed by atoms with van der Waals surface area (Å²) in [5.74, 6) is 1.16. The molecule has 0 bridgehead atoms. The number of nitrogens with zero attached hydrogens (tertiary/aromatic N) is 2. The molecule has 29 heavy (non-hydrogen) atoms. The predicted molar refractivity (Wildman–Crippen MR) is 111 cm³/mol. The average Bonchev–Trinajstić information content (AvgIpc) is 2.76. The Morgan fingerprint density at radius 2 is 2.14 bits per heavy atom. The van der Waals surface area contributed by atoms with Crippen molar-refractivity contribution in [2.45, 2.75) is 57.4 Å². The molecule has 1 amide bonds. The van der Waals surface area contributed by atoms with Crippen LogP contribution in [0.3, 0.4) is 0 Å². The van der Waals surface area contributed by atoms with Crippen LogP contribution in [0.2, 0.25) is 0 Å². The number of carbonyl (C=O) groups is 1. The highest BCUT2D eigenvalue weighted by atomic mass is 32.2. The molecular formula is C22H28N3O3S+.